The van der Waals surface area contributed by atoms with Gasteiger partial charge in [0, 0.05) is 5.56 Å². The number of benzene rings is 1. The third-order valence-electron chi connectivity index (χ3n) is 2.56. The second-order valence-electron chi connectivity index (χ2n) is 3.98. The van der Waals surface area contributed by atoms with E-state index in [1.165, 1.54) is 0 Å². The number of carbonyl (C=O) groups excluding carboxylic acids is 1. The fraction of sp³-hybridized carbons (Fsp3) is 0.0909. The summed E-state index contributed by atoms with van der Waals surface area (Å²) >= 11 is 0. The zero-order valence-electron chi connectivity index (χ0n) is 10.5. The number of tetrazole rings is 1. The summed E-state index contributed by atoms with van der Waals surface area (Å²) in [5.74, 6) is 0.704. The van der Waals surface area contributed by atoms with Crippen molar-refractivity contribution in [3.8, 4) is 11.4 Å². The second kappa shape index (κ2) is 4.88. The van der Waals surface area contributed by atoms with Gasteiger partial charge >= 0.3 is 0 Å². The van der Waals surface area contributed by atoms with Gasteiger partial charge < -0.3 is 5.32 Å². The summed E-state index contributed by atoms with van der Waals surface area (Å²) in [5, 5.41) is 22.4. The number of aromatic nitrogens is 7. The largest absolute Gasteiger partial charge is 0.318 e. The van der Waals surface area contributed by atoms with Gasteiger partial charge in [-0.25, -0.2) is 4.98 Å². The van der Waals surface area contributed by atoms with Crippen LogP contribution in [-0.4, -0.2) is 41.7 Å². The summed E-state index contributed by atoms with van der Waals surface area (Å²) < 4.78 is 0. The van der Waals surface area contributed by atoms with Crippen molar-refractivity contribution in [3.05, 3.63) is 35.9 Å². The number of para-hydroxylation sites is 1. The number of nitrogens with zero attached hydrogens (tertiary/aromatic N) is 5. The highest BCUT2D eigenvalue weighted by atomic mass is 16.2. The highest BCUT2D eigenvalue weighted by molar-refractivity contribution is 6.03. The predicted octanol–water partition coefficient (Wildman–Crippen LogP) is 0.546. The number of amides is 1. The van der Waals surface area contributed by atoms with E-state index in [0.717, 1.165) is 0 Å². The van der Waals surface area contributed by atoms with Crippen molar-refractivity contribution < 1.29 is 4.79 Å². The average Bonchev–Trinajstić information content (AvgIpc) is 3.10. The van der Waals surface area contributed by atoms with Gasteiger partial charge in [0.1, 0.15) is 5.82 Å². The van der Waals surface area contributed by atoms with Crippen LogP contribution in [0.1, 0.15) is 16.4 Å². The number of H-pyrrole nitrogens is 2. The van der Waals surface area contributed by atoms with Crippen molar-refractivity contribution in [2.75, 3.05) is 5.32 Å². The molecular formula is C11H10N8O. The first-order chi connectivity index (χ1) is 9.74. The Morgan fingerprint density at radius 1 is 1.25 bits per heavy atom. The van der Waals surface area contributed by atoms with Crippen LogP contribution < -0.4 is 5.32 Å². The summed E-state index contributed by atoms with van der Waals surface area (Å²) in [5.41, 5.74) is 1.27. The maximum absolute atomic E-state index is 11.9. The van der Waals surface area contributed by atoms with Gasteiger partial charge in [-0.3, -0.25) is 9.89 Å². The third-order valence-corrected chi connectivity index (χ3v) is 2.56. The van der Waals surface area contributed by atoms with Gasteiger partial charge in [0.2, 0.25) is 0 Å². The molecule has 3 aromatic rings. The Morgan fingerprint density at radius 2 is 2.10 bits per heavy atom. The van der Waals surface area contributed by atoms with E-state index in [1.807, 2.05) is 12.1 Å². The van der Waals surface area contributed by atoms with Gasteiger partial charge in [0.25, 0.3) is 11.7 Å². The van der Waals surface area contributed by atoms with Crippen molar-refractivity contribution in [1.29, 1.82) is 0 Å². The number of aryl methyl sites for hydroxylation is 1. The number of hydrogen-bond donors (Lipinski definition) is 3. The molecule has 2 aromatic heterocycles. The minimum absolute atomic E-state index is 0.0361. The smallest absolute Gasteiger partial charge is 0.297 e. The molecule has 0 spiro atoms. The Kier molecular flexibility index (Phi) is 2.92. The van der Waals surface area contributed by atoms with E-state index in [1.54, 1.807) is 19.1 Å². The first-order valence-electron chi connectivity index (χ1n) is 5.77. The highest BCUT2D eigenvalue weighted by Gasteiger charge is 2.15. The SMILES string of the molecule is Cc1nc(-c2ccccc2NC(=O)c2nn[nH]n2)n[nH]1. The fourth-order valence-electron chi connectivity index (χ4n) is 1.69. The summed E-state index contributed by atoms with van der Waals surface area (Å²) in [7, 11) is 0. The lowest BCUT2D eigenvalue weighted by Crippen LogP contribution is -2.14. The highest BCUT2D eigenvalue weighted by Crippen LogP contribution is 2.24. The maximum Gasteiger partial charge on any atom is 0.297 e. The Morgan fingerprint density at radius 3 is 2.80 bits per heavy atom. The molecule has 0 aliphatic carbocycles. The Hall–Kier alpha value is -3.10. The lowest BCUT2D eigenvalue weighted by atomic mass is 10.1. The van der Waals surface area contributed by atoms with Crippen molar-refractivity contribution in [3.63, 3.8) is 0 Å². The molecule has 0 atom stereocenters. The molecule has 0 aliphatic rings. The van der Waals surface area contributed by atoms with Crippen molar-refractivity contribution >= 4 is 11.6 Å². The Bertz CT molecular complexity index is 732. The monoisotopic (exact) mass is 270 g/mol. The lowest BCUT2D eigenvalue weighted by molar-refractivity contribution is 0.101. The van der Waals surface area contributed by atoms with E-state index in [4.69, 9.17) is 0 Å². The molecule has 0 bridgehead atoms. The van der Waals surface area contributed by atoms with E-state index >= 15 is 0 Å². The molecule has 0 fully saturated rings. The first kappa shape index (κ1) is 12.0. The quantitative estimate of drug-likeness (QED) is 0.638. The molecule has 0 aliphatic heterocycles. The van der Waals surface area contributed by atoms with Crippen molar-refractivity contribution in [2.45, 2.75) is 6.92 Å². The molecule has 9 heteroatoms. The number of anilines is 1. The van der Waals surface area contributed by atoms with Crippen LogP contribution in [0, 0.1) is 6.92 Å². The summed E-state index contributed by atoms with van der Waals surface area (Å²) in [6.45, 7) is 1.80. The van der Waals surface area contributed by atoms with Crippen molar-refractivity contribution in [1.82, 2.24) is 35.8 Å². The van der Waals surface area contributed by atoms with Crippen LogP contribution in [0.5, 0.6) is 0 Å². The van der Waals surface area contributed by atoms with Crippen LogP contribution in [-0.2, 0) is 0 Å². The van der Waals surface area contributed by atoms with Gasteiger partial charge in [-0.2, -0.15) is 10.3 Å². The molecule has 0 radical (unpaired) electrons. The minimum atomic E-state index is -0.460. The molecule has 1 amide bonds. The van der Waals surface area contributed by atoms with Gasteiger partial charge in [-0.1, -0.05) is 12.1 Å². The normalized spacial score (nSPS) is 10.4. The molecule has 3 N–H and O–H groups in total. The van der Waals surface area contributed by atoms with Gasteiger partial charge in [-0.05, 0) is 24.3 Å². The minimum Gasteiger partial charge on any atom is -0.318 e. The number of nitrogens with one attached hydrogen (secondary N) is 3. The Labute approximate surface area is 112 Å². The summed E-state index contributed by atoms with van der Waals surface area (Å²) in [6.07, 6.45) is 0. The zero-order chi connectivity index (χ0) is 13.9. The molecule has 20 heavy (non-hydrogen) atoms. The van der Waals surface area contributed by atoms with Crippen LogP contribution in [0.25, 0.3) is 11.4 Å². The number of rotatable bonds is 3. The third kappa shape index (κ3) is 2.23. The van der Waals surface area contributed by atoms with Gasteiger partial charge in [-0.15, -0.1) is 10.2 Å². The average molecular weight is 270 g/mol. The van der Waals surface area contributed by atoms with Gasteiger partial charge in [0.15, 0.2) is 5.82 Å². The van der Waals surface area contributed by atoms with Crippen LogP contribution in [0.15, 0.2) is 24.3 Å². The van der Waals surface area contributed by atoms with Crippen LogP contribution in [0.4, 0.5) is 5.69 Å². The van der Waals surface area contributed by atoms with E-state index < -0.39 is 5.91 Å². The molecule has 100 valence electrons. The van der Waals surface area contributed by atoms with E-state index in [0.29, 0.717) is 22.9 Å². The lowest BCUT2D eigenvalue weighted by Gasteiger charge is -2.06. The van der Waals surface area contributed by atoms with Gasteiger partial charge in [0.05, 0.1) is 5.69 Å². The van der Waals surface area contributed by atoms with Crippen LogP contribution in [0.2, 0.25) is 0 Å². The standard InChI is InChI=1S/C11H10N8O/c1-6-12-9(15-14-6)7-4-2-3-5-8(7)13-11(20)10-16-18-19-17-10/h2-5H,1H3,(H,13,20)(H,12,14,15)(H,16,17,18,19). The molecule has 2 heterocycles. The first-order valence-corrected chi connectivity index (χ1v) is 5.77. The van der Waals surface area contributed by atoms with Crippen molar-refractivity contribution in [2.24, 2.45) is 0 Å². The zero-order valence-corrected chi connectivity index (χ0v) is 10.5. The molecule has 3 rings (SSSR count). The van der Waals surface area contributed by atoms with E-state index in [2.05, 4.69) is 41.1 Å². The molecular weight excluding hydrogens is 260 g/mol. The van der Waals surface area contributed by atoms with Crippen LogP contribution in [0.3, 0.4) is 0 Å². The van der Waals surface area contributed by atoms with Crippen LogP contribution >= 0.6 is 0 Å². The molecule has 9 nitrogen and oxygen atoms in total. The number of carbonyl (C=O) groups is 1. The molecule has 0 unspecified atom stereocenters. The van der Waals surface area contributed by atoms with E-state index in [9.17, 15) is 4.79 Å². The fourth-order valence-corrected chi connectivity index (χ4v) is 1.69. The summed E-state index contributed by atoms with van der Waals surface area (Å²) in [4.78, 5) is 16.2. The Balaban J connectivity index is 1.92. The second-order valence-corrected chi connectivity index (χ2v) is 3.98. The maximum atomic E-state index is 11.9. The van der Waals surface area contributed by atoms with E-state index in [-0.39, 0.29) is 5.82 Å². The summed E-state index contributed by atoms with van der Waals surface area (Å²) in [6, 6.07) is 7.20. The number of aromatic amines is 2. The molecule has 0 saturated heterocycles. The molecule has 0 saturated carbocycles. The predicted molar refractivity (Wildman–Crippen MR) is 68.7 cm³/mol. The molecule has 1 aromatic carbocycles. The topological polar surface area (TPSA) is 125 Å². The number of hydrogen-bond acceptors (Lipinski definition) is 6.